The monoisotopic (exact) mass is 548 g/mol. The van der Waals surface area contributed by atoms with E-state index in [9.17, 15) is 9.59 Å². The maximum atomic E-state index is 14.0. The van der Waals surface area contributed by atoms with Gasteiger partial charge < -0.3 is 0 Å². The van der Waals surface area contributed by atoms with Crippen molar-refractivity contribution in [3.05, 3.63) is 117 Å². The maximum absolute atomic E-state index is 14.0. The predicted octanol–water partition coefficient (Wildman–Crippen LogP) is 5.65. The highest BCUT2D eigenvalue weighted by Crippen LogP contribution is 2.49. The number of hydrogen-bond acceptors (Lipinski definition) is 2. The fourth-order valence-electron chi connectivity index (χ4n) is 4.90. The van der Waals surface area contributed by atoms with Gasteiger partial charge in [0.15, 0.2) is 0 Å². The summed E-state index contributed by atoms with van der Waals surface area (Å²) in [7, 11) is 0. The van der Waals surface area contributed by atoms with E-state index in [0.717, 1.165) is 25.8 Å². The Bertz CT molecular complexity index is 1260. The molecule has 4 aliphatic rings. The Morgan fingerprint density at radius 1 is 0.636 bits per heavy atom. The molecule has 3 aromatic rings. The van der Waals surface area contributed by atoms with Gasteiger partial charge in [0.05, 0.1) is 19.1 Å². The van der Waals surface area contributed by atoms with E-state index in [1.165, 1.54) is 0 Å². The molecule has 3 heterocycles. The number of nitrogens with zero attached hydrogens (tertiary/aromatic N) is 4. The normalized spacial score (nSPS) is 20.9. The van der Waals surface area contributed by atoms with E-state index < -0.39 is 0 Å². The first kappa shape index (κ1) is 20.3. The van der Waals surface area contributed by atoms with E-state index in [-0.39, 0.29) is 24.1 Å². The molecule has 1 saturated heterocycles. The fourth-order valence-corrected chi connectivity index (χ4v) is 5.74. The fraction of sp³-hybridized carbons (Fsp3) is 0.154. The van der Waals surface area contributed by atoms with Gasteiger partial charge in [-0.3, -0.25) is 0 Å². The van der Waals surface area contributed by atoms with Crippen molar-refractivity contribution >= 4 is 34.7 Å². The third kappa shape index (κ3) is 3.21. The first-order valence-corrected chi connectivity index (χ1v) is 12.0. The van der Waals surface area contributed by atoms with E-state index in [2.05, 4.69) is 34.7 Å². The second-order valence-electron chi connectivity index (χ2n) is 8.36. The van der Waals surface area contributed by atoms with Crippen molar-refractivity contribution in [3.8, 4) is 0 Å². The van der Waals surface area contributed by atoms with E-state index in [4.69, 9.17) is 0 Å². The summed E-state index contributed by atoms with van der Waals surface area (Å²) >= 11 is 2.32. The minimum atomic E-state index is -0.299. The summed E-state index contributed by atoms with van der Waals surface area (Å²) in [5.41, 5.74) is 4.14. The van der Waals surface area contributed by atoms with Crippen molar-refractivity contribution in [2.24, 2.45) is 0 Å². The summed E-state index contributed by atoms with van der Waals surface area (Å²) in [6, 6.07) is 24.7. The van der Waals surface area contributed by atoms with Gasteiger partial charge >= 0.3 is 12.1 Å². The van der Waals surface area contributed by atoms with Crippen LogP contribution in [-0.4, -0.2) is 32.1 Å². The smallest absolute Gasteiger partial charge is 0.244 e. The Hall–Kier alpha value is -3.33. The molecule has 4 amide bonds. The molecule has 7 rings (SSSR count). The van der Waals surface area contributed by atoms with Crippen LogP contribution >= 0.6 is 22.6 Å². The second kappa shape index (κ2) is 7.91. The van der Waals surface area contributed by atoms with Crippen molar-refractivity contribution < 1.29 is 9.59 Å². The summed E-state index contributed by atoms with van der Waals surface area (Å²) in [5, 5.41) is 6.45. The van der Waals surface area contributed by atoms with E-state index in [0.29, 0.717) is 13.1 Å². The first-order valence-electron chi connectivity index (χ1n) is 10.9. The maximum Gasteiger partial charge on any atom is 0.359 e. The Morgan fingerprint density at radius 3 is 1.73 bits per heavy atom. The summed E-state index contributed by atoms with van der Waals surface area (Å²) < 4.78 is 1.10. The number of benzene rings is 3. The predicted molar refractivity (Wildman–Crippen MR) is 132 cm³/mol. The van der Waals surface area contributed by atoms with Crippen LogP contribution in [0.4, 0.5) is 9.59 Å². The van der Waals surface area contributed by atoms with Crippen LogP contribution in [0, 0.1) is 3.57 Å². The summed E-state index contributed by atoms with van der Waals surface area (Å²) in [6.07, 6.45) is 4.09. The minimum absolute atomic E-state index is 0.195. The van der Waals surface area contributed by atoms with Gasteiger partial charge in [-0.25, -0.2) is 29.6 Å². The zero-order chi connectivity index (χ0) is 22.5. The number of carbonyl (C=O) groups is 2. The zero-order valence-electron chi connectivity index (χ0n) is 17.7. The standard InChI is InChI=1S/C26H21IN4O2/c27-21-13-7-12-20-22-14-15-23(24(20)21)31-26(33)29(17-19-10-5-2-6-11-19)28(25(32)30(22)31)16-18-8-3-1-4-9-18/h1-15,22-23H,16-17H2. The Labute approximate surface area is 205 Å². The molecule has 3 aromatic carbocycles. The van der Waals surface area contributed by atoms with Crippen LogP contribution in [0.15, 0.2) is 91.0 Å². The Kier molecular flexibility index (Phi) is 4.86. The molecule has 0 N–H and O–H groups in total. The number of hydrogen-bond donors (Lipinski definition) is 0. The molecule has 2 atom stereocenters. The van der Waals surface area contributed by atoms with Gasteiger partial charge in [-0.05, 0) is 50.9 Å². The van der Waals surface area contributed by atoms with Gasteiger partial charge in [0.2, 0.25) is 0 Å². The molecule has 7 heteroatoms. The van der Waals surface area contributed by atoms with Crippen LogP contribution in [0.1, 0.15) is 34.3 Å². The molecule has 3 aliphatic heterocycles. The highest BCUT2D eigenvalue weighted by atomic mass is 127. The van der Waals surface area contributed by atoms with Crippen molar-refractivity contribution in [1.29, 1.82) is 0 Å². The van der Waals surface area contributed by atoms with Gasteiger partial charge in [-0.1, -0.05) is 84.9 Å². The van der Waals surface area contributed by atoms with Gasteiger partial charge in [-0.2, -0.15) is 0 Å². The average molecular weight is 548 g/mol. The lowest BCUT2D eigenvalue weighted by molar-refractivity contribution is -0.117. The Morgan fingerprint density at radius 2 is 1.15 bits per heavy atom. The molecule has 6 nitrogen and oxygen atoms in total. The van der Waals surface area contributed by atoms with Crippen molar-refractivity contribution in [1.82, 2.24) is 20.0 Å². The first-order chi connectivity index (χ1) is 16.1. The third-order valence-corrected chi connectivity index (χ3v) is 7.35. The largest absolute Gasteiger partial charge is 0.359 e. The zero-order valence-corrected chi connectivity index (χ0v) is 19.9. The summed E-state index contributed by atoms with van der Waals surface area (Å²) in [6.45, 7) is 0.644. The van der Waals surface area contributed by atoms with E-state index in [1.807, 2.05) is 78.9 Å². The van der Waals surface area contributed by atoms with Crippen LogP contribution < -0.4 is 0 Å². The van der Waals surface area contributed by atoms with E-state index >= 15 is 0 Å². The quantitative estimate of drug-likeness (QED) is 0.313. The number of hydrazine groups is 2. The molecule has 33 heavy (non-hydrogen) atoms. The lowest BCUT2D eigenvalue weighted by Gasteiger charge is -2.57. The van der Waals surface area contributed by atoms with Crippen LogP contribution in [0.3, 0.4) is 0 Å². The number of carbonyl (C=O) groups excluding carboxylic acids is 2. The molecule has 0 saturated carbocycles. The van der Waals surface area contributed by atoms with Gasteiger partial charge in [0.25, 0.3) is 0 Å². The SMILES string of the molecule is O=C1N(Cc2ccccc2)N(Cc2ccccc2)C(=O)N2C3C=CC(c4cccc(I)c43)N12. The molecule has 1 aliphatic carbocycles. The third-order valence-electron chi connectivity index (χ3n) is 6.41. The Balaban J connectivity index is 1.45. The number of amides is 4. The molecule has 0 radical (unpaired) electrons. The average Bonchev–Trinajstić information content (AvgIpc) is 2.86. The van der Waals surface area contributed by atoms with Crippen LogP contribution in [0.2, 0.25) is 0 Å². The molecular weight excluding hydrogens is 527 g/mol. The molecule has 1 fully saturated rings. The van der Waals surface area contributed by atoms with E-state index in [1.54, 1.807) is 20.0 Å². The highest BCUT2D eigenvalue weighted by Gasteiger charge is 2.53. The summed E-state index contributed by atoms with van der Waals surface area (Å²) in [4.78, 5) is 28.0. The number of rotatable bonds is 4. The van der Waals surface area contributed by atoms with Crippen LogP contribution in [0.5, 0.6) is 0 Å². The second-order valence-corrected chi connectivity index (χ2v) is 9.52. The molecule has 2 unspecified atom stereocenters. The molecular formula is C26H21IN4O2. The van der Waals surface area contributed by atoms with Gasteiger partial charge in [0, 0.05) is 3.57 Å². The lowest BCUT2D eigenvalue weighted by Crippen LogP contribution is -2.71. The molecule has 164 valence electrons. The highest BCUT2D eigenvalue weighted by molar-refractivity contribution is 14.1. The topological polar surface area (TPSA) is 47.1 Å². The van der Waals surface area contributed by atoms with Gasteiger partial charge in [0.1, 0.15) is 6.04 Å². The van der Waals surface area contributed by atoms with Crippen molar-refractivity contribution in [2.45, 2.75) is 25.2 Å². The number of halogens is 1. The minimum Gasteiger partial charge on any atom is -0.244 e. The molecule has 0 spiro atoms. The van der Waals surface area contributed by atoms with Crippen LogP contribution in [0.25, 0.3) is 0 Å². The molecule has 2 bridgehead atoms. The summed E-state index contributed by atoms with van der Waals surface area (Å²) in [5.74, 6) is 0. The van der Waals surface area contributed by atoms with Gasteiger partial charge in [-0.15, -0.1) is 0 Å². The lowest BCUT2D eigenvalue weighted by atomic mass is 9.86. The number of urea groups is 2. The van der Waals surface area contributed by atoms with Crippen LogP contribution in [-0.2, 0) is 13.1 Å². The van der Waals surface area contributed by atoms with Crippen molar-refractivity contribution in [3.63, 3.8) is 0 Å². The molecule has 0 aromatic heterocycles. The van der Waals surface area contributed by atoms with Crippen molar-refractivity contribution in [2.75, 3.05) is 0 Å².